The minimum absolute atomic E-state index is 0.00597. The van der Waals surface area contributed by atoms with E-state index in [1.54, 1.807) is 20.8 Å². The van der Waals surface area contributed by atoms with E-state index < -0.39 is 117 Å². The van der Waals surface area contributed by atoms with Crippen LogP contribution in [0.1, 0.15) is 136 Å². The maximum atomic E-state index is 14.0. The first-order valence-electron chi connectivity index (χ1n) is 38.4. The molecule has 4 rings (SSSR count). The molecule has 0 amide bonds. The third-order valence-corrected chi connectivity index (χ3v) is 18.4. The van der Waals surface area contributed by atoms with E-state index in [1.807, 2.05) is 10.9 Å². The molecule has 0 spiro atoms. The molecule has 0 aromatic carbocycles. The second kappa shape index (κ2) is 58.6. The Kier molecular flexibility index (Phi) is 52.6. The van der Waals surface area contributed by atoms with Gasteiger partial charge in [0.25, 0.3) is 0 Å². The Balaban J connectivity index is 1.19. The molecule has 34 heteroatoms. The summed E-state index contributed by atoms with van der Waals surface area (Å²) in [7, 11) is 0. The van der Waals surface area contributed by atoms with Gasteiger partial charge < -0.3 is 131 Å². The average molecular weight is 1550 g/mol. The summed E-state index contributed by atoms with van der Waals surface area (Å²) in [6.07, 6.45) is -5.16. The van der Waals surface area contributed by atoms with Gasteiger partial charge in [0.15, 0.2) is 18.9 Å². The van der Waals surface area contributed by atoms with Crippen LogP contribution < -0.4 is 0 Å². The van der Waals surface area contributed by atoms with Crippen LogP contribution in [0, 0.1) is 23.2 Å². The second-order valence-electron chi connectivity index (χ2n) is 27.7. The van der Waals surface area contributed by atoms with Crippen LogP contribution in [-0.2, 0) is 111 Å². The van der Waals surface area contributed by atoms with E-state index in [9.17, 15) is 65.1 Å². The summed E-state index contributed by atoms with van der Waals surface area (Å²) in [5.74, 6) is -1.40. The number of carbonyl (C=O) groups is 4. The van der Waals surface area contributed by atoms with Crippen LogP contribution in [-0.4, -0.2) is 356 Å². The highest BCUT2D eigenvalue weighted by Gasteiger charge is 2.45. The Morgan fingerprint density at radius 1 is 0.383 bits per heavy atom. The van der Waals surface area contributed by atoms with Crippen LogP contribution in [0.5, 0.6) is 0 Å². The molecule has 1 aromatic rings. The highest BCUT2D eigenvalue weighted by atomic mass is 16.7. The third-order valence-electron chi connectivity index (χ3n) is 18.4. The summed E-state index contributed by atoms with van der Waals surface area (Å²) in [6, 6.07) is 0. The number of ketones is 4. The SMILES string of the molecule is CC(C)c1cn(CCCCCC(=O)CC(COCCC(=O)CCCOCCOCCOCCOC2OC(CO)C(O)C(O)C2C)(COCCC(=O)CCCOCCOCCOCCOC2OC(CO)C(O)C(O)C2C)COCCC(=O)CCCOCCOCCOCCOC2OC(CO)C(O)C(O)C2C)nn1. The van der Waals surface area contributed by atoms with E-state index in [0.29, 0.717) is 131 Å². The van der Waals surface area contributed by atoms with Crippen molar-refractivity contribution < 1.29 is 150 Å². The van der Waals surface area contributed by atoms with Crippen molar-refractivity contribution >= 4 is 23.1 Å². The minimum Gasteiger partial charge on any atom is -0.394 e. The van der Waals surface area contributed by atoms with Gasteiger partial charge >= 0.3 is 0 Å². The highest BCUT2D eigenvalue weighted by Crippen LogP contribution is 2.31. The first-order chi connectivity index (χ1) is 51.7. The van der Waals surface area contributed by atoms with Crippen molar-refractivity contribution in [1.82, 2.24) is 15.0 Å². The van der Waals surface area contributed by atoms with E-state index in [2.05, 4.69) is 24.2 Å². The topological polar surface area (TPSA) is 447 Å². The van der Waals surface area contributed by atoms with Crippen LogP contribution >= 0.6 is 0 Å². The number of rotatable bonds is 69. The summed E-state index contributed by atoms with van der Waals surface area (Å²) in [5, 5.41) is 97.6. The number of aliphatic hydroxyl groups excluding tert-OH is 9. The quantitative estimate of drug-likeness (QED) is 0.0403. The minimum atomic E-state index is -1.20. The lowest BCUT2D eigenvalue weighted by molar-refractivity contribution is -0.284. The number of hydrogen-bond donors (Lipinski definition) is 9. The molecule has 0 bridgehead atoms. The molecule has 3 aliphatic heterocycles. The van der Waals surface area contributed by atoms with Crippen molar-refractivity contribution in [3.8, 4) is 0 Å². The van der Waals surface area contributed by atoms with E-state index in [-0.39, 0.29) is 160 Å². The molecule has 0 aliphatic carbocycles. The molecule has 1 aromatic heterocycles. The first-order valence-corrected chi connectivity index (χ1v) is 38.4. The Bertz CT molecular complexity index is 2220. The lowest BCUT2D eigenvalue weighted by atomic mass is 9.84. The zero-order valence-corrected chi connectivity index (χ0v) is 64.0. The van der Waals surface area contributed by atoms with Crippen LogP contribution in [0.25, 0.3) is 0 Å². The summed E-state index contributed by atoms with van der Waals surface area (Å²) < 4.78 is 105. The van der Waals surface area contributed by atoms with Gasteiger partial charge in [0.1, 0.15) is 59.8 Å². The van der Waals surface area contributed by atoms with Crippen molar-refractivity contribution in [1.29, 1.82) is 0 Å². The molecule has 0 saturated carbocycles. The van der Waals surface area contributed by atoms with Crippen molar-refractivity contribution in [2.24, 2.45) is 23.2 Å². The van der Waals surface area contributed by atoms with Gasteiger partial charge in [0.2, 0.25) is 0 Å². The number of nitrogens with zero attached hydrogens (tertiary/aromatic N) is 3. The van der Waals surface area contributed by atoms with Crippen molar-refractivity contribution in [3.63, 3.8) is 0 Å². The molecule has 107 heavy (non-hydrogen) atoms. The van der Waals surface area contributed by atoms with Gasteiger partial charge in [-0.05, 0) is 38.0 Å². The molecule has 4 heterocycles. The number of hydrogen-bond acceptors (Lipinski definition) is 33. The maximum Gasteiger partial charge on any atom is 0.163 e. The van der Waals surface area contributed by atoms with Crippen LogP contribution in [0.2, 0.25) is 0 Å². The maximum absolute atomic E-state index is 14.0. The fourth-order valence-electron chi connectivity index (χ4n) is 11.7. The van der Waals surface area contributed by atoms with E-state index in [0.717, 1.165) is 18.5 Å². The Hall–Kier alpha value is -3.26. The van der Waals surface area contributed by atoms with Crippen molar-refractivity contribution in [3.05, 3.63) is 11.9 Å². The van der Waals surface area contributed by atoms with Gasteiger partial charge in [-0.3, -0.25) is 23.9 Å². The second-order valence-corrected chi connectivity index (χ2v) is 27.7. The Morgan fingerprint density at radius 3 is 0.981 bits per heavy atom. The number of aryl methyl sites for hydroxylation is 1. The molecule has 3 saturated heterocycles. The lowest BCUT2D eigenvalue weighted by Crippen LogP contribution is -2.55. The number of aliphatic hydroxyl groups is 9. The predicted octanol–water partition coefficient (Wildman–Crippen LogP) is 0.600. The summed E-state index contributed by atoms with van der Waals surface area (Å²) >= 11 is 0. The molecule has 624 valence electrons. The largest absolute Gasteiger partial charge is 0.394 e. The molecular formula is C73H131N3O31. The molecule has 15 atom stereocenters. The molecule has 3 fully saturated rings. The zero-order valence-electron chi connectivity index (χ0n) is 64.0. The standard InChI is InChI=1S/C73H131N3O31/c1-52(2)60-45-76(75-74-60)19-8-6-7-12-59(83)44-73(49-99-23-16-56(80)13-9-20-90-26-29-93-32-35-96-38-41-102-70-53(3)64(84)67(87)61(46-77)105-70,50-100-24-17-57(81)14-10-21-91-27-30-94-33-36-97-39-42-103-71-54(4)65(85)68(88)62(47-78)106-71)51-101-25-18-58(82)15-11-22-92-28-31-95-34-37-98-40-43-104-72-55(5)66(86)69(89)63(48-79)107-72/h45,52-55,61-72,77-79,84-89H,6-44,46-51H2,1-5H3. The predicted molar refractivity (Wildman–Crippen MR) is 380 cm³/mol. The van der Waals surface area contributed by atoms with Gasteiger partial charge in [0.05, 0.1) is 202 Å². The third kappa shape index (κ3) is 40.4. The molecule has 3 aliphatic rings. The Labute approximate surface area is 630 Å². The highest BCUT2D eigenvalue weighted by molar-refractivity contribution is 5.80. The number of Topliss-reactive ketones (excluding diaryl/α,β-unsaturated/α-hetero) is 4. The number of carbonyl (C=O) groups excluding carboxylic acids is 4. The number of unbranched alkanes of at least 4 members (excludes halogenated alkanes) is 2. The molecular weight excluding hydrogens is 1410 g/mol. The van der Waals surface area contributed by atoms with Gasteiger partial charge in [-0.15, -0.1) is 5.10 Å². The van der Waals surface area contributed by atoms with Crippen molar-refractivity contribution in [2.45, 2.75) is 211 Å². The monoisotopic (exact) mass is 1550 g/mol. The normalized spacial score (nSPS) is 25.4. The molecule has 34 nitrogen and oxygen atoms in total. The number of ether oxygens (including phenoxy) is 18. The van der Waals surface area contributed by atoms with E-state index in [4.69, 9.17) is 85.3 Å². The molecule has 0 radical (unpaired) electrons. The van der Waals surface area contributed by atoms with Gasteiger partial charge in [-0.1, -0.05) is 46.3 Å². The number of aromatic nitrogens is 3. The van der Waals surface area contributed by atoms with E-state index in [1.165, 1.54) is 0 Å². The van der Waals surface area contributed by atoms with Crippen LogP contribution in [0.15, 0.2) is 6.20 Å². The Morgan fingerprint density at radius 2 is 0.682 bits per heavy atom. The molecule has 15 unspecified atom stereocenters. The summed E-state index contributed by atoms with van der Waals surface area (Å²) in [4.78, 5) is 53.3. The summed E-state index contributed by atoms with van der Waals surface area (Å²) in [6.45, 7) is 14.6. The smallest absolute Gasteiger partial charge is 0.163 e. The average Bonchev–Trinajstić information content (AvgIpc) is 0.909. The van der Waals surface area contributed by atoms with Gasteiger partial charge in [0, 0.05) is 107 Å². The summed E-state index contributed by atoms with van der Waals surface area (Å²) in [5.41, 5.74) is -0.126. The lowest BCUT2D eigenvalue weighted by Gasteiger charge is -2.40. The molecule has 9 N–H and O–H groups in total. The first kappa shape index (κ1) is 96.1. The van der Waals surface area contributed by atoms with Crippen LogP contribution in [0.3, 0.4) is 0 Å². The van der Waals surface area contributed by atoms with Gasteiger partial charge in [-0.2, -0.15) is 0 Å². The van der Waals surface area contributed by atoms with E-state index >= 15 is 0 Å². The zero-order chi connectivity index (χ0) is 77.9. The van der Waals surface area contributed by atoms with Crippen LogP contribution in [0.4, 0.5) is 0 Å². The fraction of sp³-hybridized carbons (Fsp3) is 0.918. The fourth-order valence-corrected chi connectivity index (χ4v) is 11.7. The van der Waals surface area contributed by atoms with Gasteiger partial charge in [-0.25, -0.2) is 0 Å². The van der Waals surface area contributed by atoms with Crippen molar-refractivity contribution in [2.75, 3.05) is 198 Å².